The van der Waals surface area contributed by atoms with Gasteiger partial charge in [-0.3, -0.25) is 0 Å². The Hall–Kier alpha value is -0.540. The summed E-state index contributed by atoms with van der Waals surface area (Å²) in [5.41, 5.74) is 6.72. The summed E-state index contributed by atoms with van der Waals surface area (Å²) in [5, 5.41) is 0. The van der Waals surface area contributed by atoms with Crippen molar-refractivity contribution < 1.29 is 4.74 Å². The highest BCUT2D eigenvalue weighted by atomic mass is 79.9. The summed E-state index contributed by atoms with van der Waals surface area (Å²) in [6.45, 7) is 4.69. The average Bonchev–Trinajstić information content (AvgIpc) is 2.10. The first kappa shape index (κ1) is 11.5. The highest BCUT2D eigenvalue weighted by Crippen LogP contribution is 2.23. The number of benzene rings is 1. The zero-order valence-corrected chi connectivity index (χ0v) is 10.2. The van der Waals surface area contributed by atoms with Crippen LogP contribution in [0, 0.1) is 0 Å². The fraction of sp³-hybridized carbons (Fsp3) is 0.455. The lowest BCUT2D eigenvalue weighted by Crippen LogP contribution is -2.07. The van der Waals surface area contributed by atoms with Crippen molar-refractivity contribution in [1.82, 2.24) is 0 Å². The minimum absolute atomic E-state index is 0.210. The fourth-order valence-corrected chi connectivity index (χ4v) is 1.69. The molecule has 0 atom stereocenters. The van der Waals surface area contributed by atoms with Crippen LogP contribution < -0.4 is 10.5 Å². The number of ether oxygens (including phenoxy) is 1. The van der Waals surface area contributed by atoms with Gasteiger partial charge in [-0.05, 0) is 50.6 Å². The number of nitrogens with two attached hydrogens (primary N) is 1. The quantitative estimate of drug-likeness (QED) is 0.901. The van der Waals surface area contributed by atoms with E-state index in [-0.39, 0.29) is 6.10 Å². The van der Waals surface area contributed by atoms with Gasteiger partial charge in [-0.25, -0.2) is 0 Å². The largest absolute Gasteiger partial charge is 0.491 e. The van der Waals surface area contributed by atoms with Crippen molar-refractivity contribution in [2.24, 2.45) is 5.73 Å². The van der Waals surface area contributed by atoms with Crippen LogP contribution in [0.4, 0.5) is 0 Å². The molecule has 1 aromatic carbocycles. The van der Waals surface area contributed by atoms with Gasteiger partial charge in [0.2, 0.25) is 0 Å². The zero-order chi connectivity index (χ0) is 10.6. The Labute approximate surface area is 93.6 Å². The van der Waals surface area contributed by atoms with Crippen molar-refractivity contribution in [3.05, 3.63) is 28.2 Å². The number of rotatable bonds is 4. The maximum absolute atomic E-state index is 5.59. The fourth-order valence-electron chi connectivity index (χ4n) is 1.24. The minimum Gasteiger partial charge on any atom is -0.491 e. The third kappa shape index (κ3) is 3.31. The zero-order valence-electron chi connectivity index (χ0n) is 8.59. The molecule has 0 aliphatic rings. The molecule has 0 aromatic heterocycles. The van der Waals surface area contributed by atoms with Crippen molar-refractivity contribution in [3.8, 4) is 5.75 Å². The summed E-state index contributed by atoms with van der Waals surface area (Å²) in [5.74, 6) is 0.909. The molecule has 0 bridgehead atoms. The molecule has 0 amide bonds. The number of hydrogen-bond acceptors (Lipinski definition) is 2. The monoisotopic (exact) mass is 257 g/mol. The van der Waals surface area contributed by atoms with Crippen LogP contribution in [0.3, 0.4) is 0 Å². The summed E-state index contributed by atoms with van der Waals surface area (Å²) >= 11 is 3.49. The summed E-state index contributed by atoms with van der Waals surface area (Å²) < 4.78 is 6.69. The Morgan fingerprint density at radius 3 is 2.71 bits per heavy atom. The topological polar surface area (TPSA) is 35.2 Å². The highest BCUT2D eigenvalue weighted by molar-refractivity contribution is 9.10. The molecule has 14 heavy (non-hydrogen) atoms. The van der Waals surface area contributed by atoms with Crippen molar-refractivity contribution in [1.29, 1.82) is 0 Å². The molecule has 0 fully saturated rings. The Kier molecular flexibility index (Phi) is 4.42. The van der Waals surface area contributed by atoms with Gasteiger partial charge in [-0.15, -0.1) is 0 Å². The lowest BCUT2D eigenvalue weighted by Gasteiger charge is -2.11. The second-order valence-corrected chi connectivity index (χ2v) is 4.31. The molecular formula is C11H16BrNO. The van der Waals surface area contributed by atoms with Gasteiger partial charge in [-0.1, -0.05) is 15.9 Å². The van der Waals surface area contributed by atoms with Gasteiger partial charge in [0.25, 0.3) is 0 Å². The molecule has 0 unspecified atom stereocenters. The predicted molar refractivity (Wildman–Crippen MR) is 62.7 cm³/mol. The normalized spacial score (nSPS) is 10.6. The van der Waals surface area contributed by atoms with Crippen LogP contribution in [0.5, 0.6) is 5.75 Å². The van der Waals surface area contributed by atoms with E-state index in [1.807, 2.05) is 32.0 Å². The molecule has 0 aliphatic heterocycles. The van der Waals surface area contributed by atoms with Crippen LogP contribution in [-0.4, -0.2) is 12.6 Å². The van der Waals surface area contributed by atoms with E-state index >= 15 is 0 Å². The first-order valence-electron chi connectivity index (χ1n) is 4.78. The Balaban J connectivity index is 2.83. The van der Waals surface area contributed by atoms with Crippen LogP contribution in [0.1, 0.15) is 19.4 Å². The van der Waals surface area contributed by atoms with E-state index in [9.17, 15) is 0 Å². The van der Waals surface area contributed by atoms with Crippen LogP contribution >= 0.6 is 15.9 Å². The van der Waals surface area contributed by atoms with Gasteiger partial charge in [0.1, 0.15) is 5.75 Å². The number of hydrogen-bond donors (Lipinski definition) is 1. The first-order chi connectivity index (χ1) is 6.63. The summed E-state index contributed by atoms with van der Waals surface area (Å²) in [6, 6.07) is 6.00. The Morgan fingerprint density at radius 1 is 1.43 bits per heavy atom. The molecular weight excluding hydrogens is 242 g/mol. The maximum Gasteiger partial charge on any atom is 0.120 e. The lowest BCUT2D eigenvalue weighted by atomic mass is 10.1. The summed E-state index contributed by atoms with van der Waals surface area (Å²) in [4.78, 5) is 0. The molecule has 2 nitrogen and oxygen atoms in total. The third-order valence-corrected chi connectivity index (χ3v) is 2.58. The van der Waals surface area contributed by atoms with Gasteiger partial charge < -0.3 is 10.5 Å². The molecule has 1 rings (SSSR count). The number of halogens is 1. The highest BCUT2D eigenvalue weighted by Gasteiger charge is 2.03. The van der Waals surface area contributed by atoms with Gasteiger partial charge in [-0.2, -0.15) is 0 Å². The second kappa shape index (κ2) is 5.37. The molecule has 0 saturated heterocycles. The molecule has 2 N–H and O–H groups in total. The standard InChI is InChI=1S/C11H16BrNO/c1-8(2)14-10-3-4-11(12)9(7-10)5-6-13/h3-4,7-8H,5-6,13H2,1-2H3. The Bertz CT molecular complexity index is 299. The predicted octanol–water partition coefficient (Wildman–Crippen LogP) is 2.74. The van der Waals surface area contributed by atoms with E-state index in [0.717, 1.165) is 16.6 Å². The van der Waals surface area contributed by atoms with Crippen LogP contribution in [0.2, 0.25) is 0 Å². The molecule has 0 saturated carbocycles. The first-order valence-corrected chi connectivity index (χ1v) is 5.58. The van der Waals surface area contributed by atoms with Crippen molar-refractivity contribution in [3.63, 3.8) is 0 Å². The smallest absolute Gasteiger partial charge is 0.120 e. The molecule has 78 valence electrons. The van der Waals surface area contributed by atoms with Gasteiger partial charge in [0.05, 0.1) is 6.10 Å². The van der Waals surface area contributed by atoms with E-state index < -0.39 is 0 Å². The molecule has 1 aromatic rings. The summed E-state index contributed by atoms with van der Waals surface area (Å²) in [7, 11) is 0. The molecule has 3 heteroatoms. The Morgan fingerprint density at radius 2 is 2.14 bits per heavy atom. The van der Waals surface area contributed by atoms with E-state index in [0.29, 0.717) is 6.54 Å². The van der Waals surface area contributed by atoms with E-state index in [4.69, 9.17) is 10.5 Å². The van der Waals surface area contributed by atoms with Crippen LogP contribution in [0.15, 0.2) is 22.7 Å². The van der Waals surface area contributed by atoms with Crippen molar-refractivity contribution >= 4 is 15.9 Å². The second-order valence-electron chi connectivity index (χ2n) is 3.46. The van der Waals surface area contributed by atoms with Crippen LogP contribution in [-0.2, 0) is 6.42 Å². The molecule has 0 aliphatic carbocycles. The van der Waals surface area contributed by atoms with E-state index in [1.165, 1.54) is 5.56 Å². The maximum atomic E-state index is 5.59. The minimum atomic E-state index is 0.210. The van der Waals surface area contributed by atoms with Crippen molar-refractivity contribution in [2.75, 3.05) is 6.54 Å². The van der Waals surface area contributed by atoms with Gasteiger partial charge >= 0.3 is 0 Å². The van der Waals surface area contributed by atoms with Gasteiger partial charge in [0, 0.05) is 4.47 Å². The van der Waals surface area contributed by atoms with Crippen LogP contribution in [0.25, 0.3) is 0 Å². The molecule has 0 radical (unpaired) electrons. The summed E-state index contributed by atoms with van der Waals surface area (Å²) in [6.07, 6.45) is 1.08. The van der Waals surface area contributed by atoms with Crippen molar-refractivity contribution in [2.45, 2.75) is 26.4 Å². The SMILES string of the molecule is CC(C)Oc1ccc(Br)c(CCN)c1. The van der Waals surface area contributed by atoms with Gasteiger partial charge in [0.15, 0.2) is 0 Å². The molecule has 0 heterocycles. The average molecular weight is 258 g/mol. The lowest BCUT2D eigenvalue weighted by molar-refractivity contribution is 0.242. The third-order valence-electron chi connectivity index (χ3n) is 1.80. The van der Waals surface area contributed by atoms with E-state index in [1.54, 1.807) is 0 Å². The molecule has 0 spiro atoms. The van der Waals surface area contributed by atoms with E-state index in [2.05, 4.69) is 15.9 Å².